The van der Waals surface area contributed by atoms with Crippen LogP contribution in [0.15, 0.2) is 18.2 Å². The summed E-state index contributed by atoms with van der Waals surface area (Å²) in [7, 11) is 0. The number of carbonyl (C=O) groups excluding carboxylic acids is 1. The Kier molecular flexibility index (Phi) is 4.43. The van der Waals surface area contributed by atoms with Crippen LogP contribution in [0.4, 0.5) is 10.5 Å². The number of urea groups is 1. The van der Waals surface area contributed by atoms with Crippen molar-refractivity contribution in [2.24, 2.45) is 0 Å². The van der Waals surface area contributed by atoms with Gasteiger partial charge in [0.2, 0.25) is 0 Å². The highest BCUT2D eigenvalue weighted by atomic mass is 16.4. The van der Waals surface area contributed by atoms with Crippen LogP contribution in [0.1, 0.15) is 30.4 Å². The summed E-state index contributed by atoms with van der Waals surface area (Å²) in [5, 5.41) is 20.6. The predicted octanol–water partition coefficient (Wildman–Crippen LogP) is 2.34. The van der Waals surface area contributed by atoms with Gasteiger partial charge >= 0.3 is 12.0 Å². The number of nitrogens with zero attached hydrogens (tertiary/aromatic N) is 2. The van der Waals surface area contributed by atoms with Gasteiger partial charge in [-0.2, -0.15) is 5.26 Å². The minimum Gasteiger partial charge on any atom is -0.481 e. The van der Waals surface area contributed by atoms with E-state index in [1.165, 1.54) is 0 Å². The summed E-state index contributed by atoms with van der Waals surface area (Å²) >= 11 is 0. The van der Waals surface area contributed by atoms with Crippen LogP contribution in [-0.4, -0.2) is 34.6 Å². The van der Waals surface area contributed by atoms with E-state index in [1.54, 1.807) is 23.1 Å². The van der Waals surface area contributed by atoms with Gasteiger partial charge in [0.1, 0.15) is 0 Å². The van der Waals surface area contributed by atoms with E-state index in [0.29, 0.717) is 24.2 Å². The normalized spacial score (nSPS) is 17.3. The second-order valence-electron chi connectivity index (χ2n) is 5.16. The molecule has 0 aliphatic carbocycles. The van der Waals surface area contributed by atoms with Gasteiger partial charge in [0, 0.05) is 18.3 Å². The molecule has 0 spiro atoms. The number of amides is 2. The first-order chi connectivity index (χ1) is 10.0. The number of benzene rings is 1. The first-order valence-electron chi connectivity index (χ1n) is 6.81. The molecule has 1 aliphatic heterocycles. The molecule has 0 saturated carbocycles. The fourth-order valence-corrected chi connectivity index (χ4v) is 2.53. The molecule has 1 aromatic carbocycles. The van der Waals surface area contributed by atoms with Crippen LogP contribution in [0.2, 0.25) is 0 Å². The average Bonchev–Trinajstić information content (AvgIpc) is 2.88. The van der Waals surface area contributed by atoms with Gasteiger partial charge in [-0.25, -0.2) is 4.79 Å². The van der Waals surface area contributed by atoms with E-state index in [4.69, 9.17) is 10.4 Å². The van der Waals surface area contributed by atoms with Crippen LogP contribution < -0.4 is 5.32 Å². The van der Waals surface area contributed by atoms with E-state index >= 15 is 0 Å². The second-order valence-corrected chi connectivity index (χ2v) is 5.16. The first kappa shape index (κ1) is 14.9. The zero-order valence-corrected chi connectivity index (χ0v) is 11.8. The van der Waals surface area contributed by atoms with Crippen molar-refractivity contribution < 1.29 is 14.7 Å². The number of rotatable bonds is 3. The van der Waals surface area contributed by atoms with E-state index < -0.39 is 5.97 Å². The third-order valence-electron chi connectivity index (χ3n) is 3.66. The van der Waals surface area contributed by atoms with Gasteiger partial charge in [-0.05, 0) is 37.5 Å². The molecule has 2 amide bonds. The van der Waals surface area contributed by atoms with Crippen LogP contribution in [-0.2, 0) is 4.79 Å². The summed E-state index contributed by atoms with van der Waals surface area (Å²) in [6, 6.07) is 6.54. The molecule has 2 N–H and O–H groups in total. The molecule has 0 bridgehead atoms. The van der Waals surface area contributed by atoms with Gasteiger partial charge in [-0.15, -0.1) is 0 Å². The third kappa shape index (κ3) is 3.51. The summed E-state index contributed by atoms with van der Waals surface area (Å²) in [6.45, 7) is 2.40. The van der Waals surface area contributed by atoms with Gasteiger partial charge in [0.15, 0.2) is 0 Å². The topological polar surface area (TPSA) is 93.4 Å². The molecule has 1 saturated heterocycles. The molecule has 1 atom stereocenters. The Labute approximate surface area is 123 Å². The fraction of sp³-hybridized carbons (Fsp3) is 0.400. The van der Waals surface area contributed by atoms with Crippen LogP contribution in [0.3, 0.4) is 0 Å². The molecule has 1 heterocycles. The smallest absolute Gasteiger partial charge is 0.322 e. The van der Waals surface area contributed by atoms with Gasteiger partial charge in [0.05, 0.1) is 18.1 Å². The molecular weight excluding hydrogens is 270 g/mol. The lowest BCUT2D eigenvalue weighted by molar-refractivity contribution is -0.137. The van der Waals surface area contributed by atoms with Crippen molar-refractivity contribution in [3.8, 4) is 6.07 Å². The molecular formula is C15H17N3O3. The number of nitrogens with one attached hydrogen (secondary N) is 1. The number of carboxylic acid groups (broad SMARTS) is 1. The van der Waals surface area contributed by atoms with Crippen molar-refractivity contribution in [3.63, 3.8) is 0 Å². The SMILES string of the molecule is Cc1ccc(C#N)cc1NC(=O)N1CCCC1CC(=O)O. The maximum absolute atomic E-state index is 12.3. The molecule has 6 nitrogen and oxygen atoms in total. The number of hydrogen-bond donors (Lipinski definition) is 2. The summed E-state index contributed by atoms with van der Waals surface area (Å²) in [5.74, 6) is -0.901. The Bertz CT molecular complexity index is 607. The van der Waals surface area contributed by atoms with E-state index in [0.717, 1.165) is 12.0 Å². The highest BCUT2D eigenvalue weighted by Crippen LogP contribution is 2.23. The minimum atomic E-state index is -0.901. The zero-order valence-electron chi connectivity index (χ0n) is 11.8. The maximum Gasteiger partial charge on any atom is 0.322 e. The highest BCUT2D eigenvalue weighted by molar-refractivity contribution is 5.91. The highest BCUT2D eigenvalue weighted by Gasteiger charge is 2.30. The number of nitriles is 1. The lowest BCUT2D eigenvalue weighted by Crippen LogP contribution is -2.39. The van der Waals surface area contributed by atoms with E-state index in [2.05, 4.69) is 5.32 Å². The molecule has 1 aliphatic rings. The average molecular weight is 287 g/mol. The van der Waals surface area contributed by atoms with Crippen molar-refractivity contribution in [3.05, 3.63) is 29.3 Å². The van der Waals surface area contributed by atoms with Crippen LogP contribution >= 0.6 is 0 Å². The quantitative estimate of drug-likeness (QED) is 0.892. The second kappa shape index (κ2) is 6.27. The van der Waals surface area contributed by atoms with E-state index in [-0.39, 0.29) is 18.5 Å². The monoisotopic (exact) mass is 287 g/mol. The van der Waals surface area contributed by atoms with Gasteiger partial charge in [-0.3, -0.25) is 4.79 Å². The number of hydrogen-bond acceptors (Lipinski definition) is 3. The standard InChI is InChI=1S/C15H17N3O3/c1-10-4-5-11(9-16)7-13(10)17-15(21)18-6-2-3-12(18)8-14(19)20/h4-5,7,12H,2-3,6,8H2,1H3,(H,17,21)(H,19,20). The summed E-state index contributed by atoms with van der Waals surface area (Å²) < 4.78 is 0. The zero-order chi connectivity index (χ0) is 15.4. The Balaban J connectivity index is 2.11. The number of aryl methyl sites for hydroxylation is 1. The summed E-state index contributed by atoms with van der Waals surface area (Å²) in [4.78, 5) is 24.7. The van der Waals surface area contributed by atoms with Crippen molar-refractivity contribution in [1.82, 2.24) is 4.90 Å². The molecule has 6 heteroatoms. The van der Waals surface area contributed by atoms with E-state index in [1.807, 2.05) is 13.0 Å². The number of carboxylic acids is 1. The molecule has 1 unspecified atom stereocenters. The van der Waals surface area contributed by atoms with Crippen molar-refractivity contribution in [1.29, 1.82) is 5.26 Å². The third-order valence-corrected chi connectivity index (χ3v) is 3.66. The van der Waals surface area contributed by atoms with Crippen LogP contribution in [0.25, 0.3) is 0 Å². The summed E-state index contributed by atoms with van der Waals surface area (Å²) in [5.41, 5.74) is 1.91. The minimum absolute atomic E-state index is 0.0371. The Morgan fingerprint density at radius 3 is 2.95 bits per heavy atom. The molecule has 1 fully saturated rings. The molecule has 1 aromatic rings. The number of aliphatic carboxylic acids is 1. The number of likely N-dealkylation sites (tertiary alicyclic amines) is 1. The maximum atomic E-state index is 12.3. The molecule has 2 rings (SSSR count). The summed E-state index contributed by atoms with van der Waals surface area (Å²) in [6.07, 6.45) is 1.48. The van der Waals surface area contributed by atoms with Crippen LogP contribution in [0, 0.1) is 18.3 Å². The van der Waals surface area contributed by atoms with E-state index in [9.17, 15) is 9.59 Å². The Morgan fingerprint density at radius 2 is 2.29 bits per heavy atom. The van der Waals surface area contributed by atoms with Gasteiger partial charge in [0.25, 0.3) is 0 Å². The van der Waals surface area contributed by atoms with Crippen molar-refractivity contribution in [2.75, 3.05) is 11.9 Å². The molecule has 21 heavy (non-hydrogen) atoms. The fourth-order valence-electron chi connectivity index (χ4n) is 2.53. The van der Waals surface area contributed by atoms with Crippen LogP contribution in [0.5, 0.6) is 0 Å². The lowest BCUT2D eigenvalue weighted by Gasteiger charge is -2.24. The predicted molar refractivity (Wildman–Crippen MR) is 76.9 cm³/mol. The van der Waals surface area contributed by atoms with Gasteiger partial charge in [-0.1, -0.05) is 6.07 Å². The Morgan fingerprint density at radius 1 is 1.52 bits per heavy atom. The van der Waals surface area contributed by atoms with Crippen molar-refractivity contribution in [2.45, 2.75) is 32.2 Å². The van der Waals surface area contributed by atoms with Gasteiger partial charge < -0.3 is 15.3 Å². The molecule has 0 radical (unpaired) electrons. The molecule has 110 valence electrons. The number of anilines is 1. The number of carbonyl (C=O) groups is 2. The largest absolute Gasteiger partial charge is 0.481 e. The molecule has 0 aromatic heterocycles. The Hall–Kier alpha value is -2.55. The first-order valence-corrected chi connectivity index (χ1v) is 6.81. The van der Waals surface area contributed by atoms with Crippen molar-refractivity contribution >= 4 is 17.7 Å². The lowest BCUT2D eigenvalue weighted by atomic mass is 10.1.